The first kappa shape index (κ1) is 16.3. The van der Waals surface area contributed by atoms with Crippen molar-refractivity contribution in [2.45, 2.75) is 31.7 Å². The van der Waals surface area contributed by atoms with Crippen molar-refractivity contribution < 1.29 is 14.3 Å². The van der Waals surface area contributed by atoms with Crippen LogP contribution in [0.3, 0.4) is 0 Å². The summed E-state index contributed by atoms with van der Waals surface area (Å²) in [4.78, 5) is 12.3. The predicted molar refractivity (Wildman–Crippen MR) is 82.3 cm³/mol. The zero-order valence-corrected chi connectivity index (χ0v) is 12.9. The lowest BCUT2D eigenvalue weighted by Crippen LogP contribution is -2.52. The van der Waals surface area contributed by atoms with Crippen molar-refractivity contribution in [3.63, 3.8) is 0 Å². The monoisotopic (exact) mass is 302 g/mol. The van der Waals surface area contributed by atoms with Crippen molar-refractivity contribution >= 4 is 5.91 Å². The molecule has 5 nitrogen and oxygen atoms in total. The van der Waals surface area contributed by atoms with Crippen LogP contribution in [0.25, 0.3) is 0 Å². The molecule has 0 bridgehead atoms. The van der Waals surface area contributed by atoms with E-state index < -0.39 is 5.54 Å². The largest absolute Gasteiger partial charge is 0.494 e. The third-order valence-corrected chi connectivity index (χ3v) is 3.93. The minimum absolute atomic E-state index is 0.0971. The Bertz CT molecular complexity index is 518. The predicted octanol–water partition coefficient (Wildman–Crippen LogP) is 2.28. The molecule has 118 valence electrons. The van der Waals surface area contributed by atoms with Crippen LogP contribution < -0.4 is 10.1 Å². The fraction of sp³-hybridized carbons (Fsp3) is 0.529. The highest BCUT2D eigenvalue weighted by Gasteiger charge is 2.35. The van der Waals surface area contributed by atoms with Crippen LogP contribution in [0.15, 0.2) is 30.3 Å². The second-order valence-electron chi connectivity index (χ2n) is 5.65. The molecule has 1 aromatic rings. The van der Waals surface area contributed by atoms with Crippen LogP contribution in [-0.2, 0) is 9.53 Å². The molecule has 2 rings (SSSR count). The van der Waals surface area contributed by atoms with Gasteiger partial charge in [-0.25, -0.2) is 0 Å². The molecule has 5 heteroatoms. The summed E-state index contributed by atoms with van der Waals surface area (Å²) in [6.07, 6.45) is 1.70. The minimum Gasteiger partial charge on any atom is -0.494 e. The van der Waals surface area contributed by atoms with E-state index in [0.29, 0.717) is 39.1 Å². The van der Waals surface area contributed by atoms with Gasteiger partial charge in [-0.2, -0.15) is 5.26 Å². The highest BCUT2D eigenvalue weighted by atomic mass is 16.5. The van der Waals surface area contributed by atoms with E-state index in [0.717, 1.165) is 5.75 Å². The van der Waals surface area contributed by atoms with Gasteiger partial charge in [-0.05, 0) is 18.6 Å². The molecule has 1 fully saturated rings. The Morgan fingerprint density at radius 2 is 2.09 bits per heavy atom. The summed E-state index contributed by atoms with van der Waals surface area (Å²) in [6.45, 7) is 3.36. The molecular weight excluding hydrogens is 280 g/mol. The summed E-state index contributed by atoms with van der Waals surface area (Å²) in [7, 11) is 0. The van der Waals surface area contributed by atoms with Gasteiger partial charge in [0.05, 0.1) is 12.7 Å². The van der Waals surface area contributed by atoms with Gasteiger partial charge in [-0.15, -0.1) is 0 Å². The highest BCUT2D eigenvalue weighted by molar-refractivity contribution is 5.79. The Hall–Kier alpha value is -2.06. The first-order chi connectivity index (χ1) is 10.7. The molecule has 1 amide bonds. The Balaban J connectivity index is 1.78. The van der Waals surface area contributed by atoms with Crippen LogP contribution in [0.2, 0.25) is 0 Å². The van der Waals surface area contributed by atoms with E-state index >= 15 is 0 Å². The van der Waals surface area contributed by atoms with Crippen molar-refractivity contribution in [1.29, 1.82) is 5.26 Å². The molecule has 1 saturated heterocycles. The minimum atomic E-state index is -0.774. The number of hydrogen-bond donors (Lipinski definition) is 1. The molecule has 1 aromatic carbocycles. The SMILES string of the molecule is C[C@H](CCOc1ccccc1)C(=O)NC1(C#N)CCOCC1. The van der Waals surface area contributed by atoms with Gasteiger partial charge in [-0.1, -0.05) is 25.1 Å². The van der Waals surface area contributed by atoms with Crippen molar-refractivity contribution in [3.05, 3.63) is 30.3 Å². The van der Waals surface area contributed by atoms with Crippen molar-refractivity contribution in [1.82, 2.24) is 5.32 Å². The van der Waals surface area contributed by atoms with Crippen LogP contribution in [0.5, 0.6) is 5.75 Å². The van der Waals surface area contributed by atoms with Crippen LogP contribution in [0.1, 0.15) is 26.2 Å². The molecule has 1 atom stereocenters. The van der Waals surface area contributed by atoms with Gasteiger partial charge in [-0.3, -0.25) is 4.79 Å². The average molecular weight is 302 g/mol. The molecule has 1 aliphatic heterocycles. The van der Waals surface area contributed by atoms with Crippen molar-refractivity contribution in [2.24, 2.45) is 5.92 Å². The summed E-state index contributed by atoms with van der Waals surface area (Å²) >= 11 is 0. The van der Waals surface area contributed by atoms with Gasteiger partial charge in [0.25, 0.3) is 0 Å². The third-order valence-electron chi connectivity index (χ3n) is 3.93. The molecule has 0 aliphatic carbocycles. The maximum absolute atomic E-state index is 12.3. The molecule has 0 saturated carbocycles. The molecule has 0 radical (unpaired) electrons. The smallest absolute Gasteiger partial charge is 0.224 e. The summed E-state index contributed by atoms with van der Waals surface area (Å²) in [6, 6.07) is 11.8. The number of para-hydroxylation sites is 1. The molecule has 0 aromatic heterocycles. The Morgan fingerprint density at radius 3 is 2.73 bits per heavy atom. The molecule has 1 heterocycles. The van der Waals surface area contributed by atoms with E-state index in [-0.39, 0.29) is 11.8 Å². The number of nitrogens with one attached hydrogen (secondary N) is 1. The Labute approximate surface area is 131 Å². The molecule has 0 unspecified atom stereocenters. The zero-order valence-electron chi connectivity index (χ0n) is 12.9. The van der Waals surface area contributed by atoms with Crippen LogP contribution in [0.4, 0.5) is 0 Å². The lowest BCUT2D eigenvalue weighted by Gasteiger charge is -2.32. The number of nitrogens with zero attached hydrogens (tertiary/aromatic N) is 1. The van der Waals surface area contributed by atoms with Crippen molar-refractivity contribution in [3.8, 4) is 11.8 Å². The molecule has 22 heavy (non-hydrogen) atoms. The van der Waals surface area contributed by atoms with E-state index in [9.17, 15) is 10.1 Å². The van der Waals surface area contributed by atoms with Crippen LogP contribution in [-0.4, -0.2) is 31.3 Å². The lowest BCUT2D eigenvalue weighted by molar-refractivity contribution is -0.127. The second-order valence-corrected chi connectivity index (χ2v) is 5.65. The maximum atomic E-state index is 12.3. The Morgan fingerprint density at radius 1 is 1.41 bits per heavy atom. The summed E-state index contributed by atoms with van der Waals surface area (Å²) in [5.41, 5.74) is -0.774. The van der Waals surface area contributed by atoms with E-state index in [1.165, 1.54) is 0 Å². The maximum Gasteiger partial charge on any atom is 0.224 e. The Kier molecular flexibility index (Phi) is 5.79. The highest BCUT2D eigenvalue weighted by Crippen LogP contribution is 2.21. The fourth-order valence-corrected chi connectivity index (χ4v) is 2.35. The first-order valence-electron chi connectivity index (χ1n) is 7.64. The van der Waals surface area contributed by atoms with Gasteiger partial charge in [0, 0.05) is 32.0 Å². The standard InChI is InChI=1S/C17H22N2O3/c1-14(7-10-22-15-5-3-2-4-6-15)16(20)19-17(13-18)8-11-21-12-9-17/h2-6,14H,7-12H2,1H3,(H,19,20)/t14-/m1/s1. The quantitative estimate of drug-likeness (QED) is 0.875. The second kappa shape index (κ2) is 7.81. The number of ether oxygens (including phenoxy) is 2. The lowest BCUT2D eigenvalue weighted by atomic mass is 9.90. The number of amides is 1. The van der Waals surface area contributed by atoms with E-state index in [4.69, 9.17) is 9.47 Å². The molecular formula is C17H22N2O3. The summed E-state index contributed by atoms with van der Waals surface area (Å²) in [5, 5.41) is 12.2. The number of carbonyl (C=O) groups excluding carboxylic acids is 1. The van der Waals surface area contributed by atoms with Gasteiger partial charge in [0.2, 0.25) is 5.91 Å². The average Bonchev–Trinajstić information content (AvgIpc) is 2.56. The number of rotatable bonds is 6. The van der Waals surface area contributed by atoms with E-state index in [1.807, 2.05) is 37.3 Å². The van der Waals surface area contributed by atoms with Gasteiger partial charge in [0.1, 0.15) is 11.3 Å². The topological polar surface area (TPSA) is 71.3 Å². The van der Waals surface area contributed by atoms with Crippen LogP contribution >= 0.6 is 0 Å². The number of benzene rings is 1. The van der Waals surface area contributed by atoms with Gasteiger partial charge < -0.3 is 14.8 Å². The van der Waals surface area contributed by atoms with Gasteiger partial charge >= 0.3 is 0 Å². The first-order valence-corrected chi connectivity index (χ1v) is 7.64. The molecule has 1 aliphatic rings. The van der Waals surface area contributed by atoms with Gasteiger partial charge in [0.15, 0.2) is 0 Å². The number of carbonyl (C=O) groups is 1. The van der Waals surface area contributed by atoms with E-state index in [1.54, 1.807) is 0 Å². The number of hydrogen-bond acceptors (Lipinski definition) is 4. The van der Waals surface area contributed by atoms with E-state index in [2.05, 4.69) is 11.4 Å². The molecule has 0 spiro atoms. The zero-order chi connectivity index (χ0) is 15.8. The fourth-order valence-electron chi connectivity index (χ4n) is 2.35. The summed E-state index contributed by atoms with van der Waals surface area (Å²) in [5.74, 6) is 0.505. The van der Waals surface area contributed by atoms with Crippen LogP contribution in [0, 0.1) is 17.2 Å². The normalized spacial score (nSPS) is 18.0. The number of nitriles is 1. The third kappa shape index (κ3) is 4.47. The summed E-state index contributed by atoms with van der Waals surface area (Å²) < 4.78 is 10.9. The molecule has 1 N–H and O–H groups in total. The van der Waals surface area contributed by atoms with Crippen molar-refractivity contribution in [2.75, 3.05) is 19.8 Å².